The highest BCUT2D eigenvalue weighted by Gasteiger charge is 2.24. The molecule has 0 fully saturated rings. The van der Waals surface area contributed by atoms with Crippen LogP contribution in [0.15, 0.2) is 30.3 Å². The highest BCUT2D eigenvalue weighted by Crippen LogP contribution is 2.23. The maximum Gasteiger partial charge on any atom is 0.0477 e. The van der Waals surface area contributed by atoms with Crippen molar-refractivity contribution in [3.8, 4) is 0 Å². The molecule has 2 unspecified atom stereocenters. The van der Waals surface area contributed by atoms with Crippen LogP contribution in [0.3, 0.4) is 0 Å². The summed E-state index contributed by atoms with van der Waals surface area (Å²) < 4.78 is 0. The quantitative estimate of drug-likeness (QED) is 0.687. The first-order chi connectivity index (χ1) is 9.74. The zero-order chi connectivity index (χ0) is 14.8. The molecule has 0 aliphatic carbocycles. The summed E-state index contributed by atoms with van der Waals surface area (Å²) in [5.41, 5.74) is 1.41. The summed E-state index contributed by atoms with van der Waals surface area (Å²) in [5, 5.41) is 3.75. The van der Waals surface area contributed by atoms with Crippen molar-refractivity contribution in [2.45, 2.75) is 58.5 Å². The Morgan fingerprint density at radius 1 is 1.05 bits per heavy atom. The fraction of sp³-hybridized carbons (Fsp3) is 0.667. The van der Waals surface area contributed by atoms with E-state index in [1.807, 2.05) is 0 Å². The van der Waals surface area contributed by atoms with Crippen LogP contribution in [0.1, 0.15) is 58.1 Å². The second-order valence-electron chi connectivity index (χ2n) is 5.65. The Kier molecular flexibility index (Phi) is 8.56. The monoisotopic (exact) mass is 276 g/mol. The Morgan fingerprint density at radius 3 is 2.30 bits per heavy atom. The minimum absolute atomic E-state index is 0.433. The molecule has 0 amide bonds. The Labute approximate surface area is 125 Å². The summed E-state index contributed by atoms with van der Waals surface area (Å²) in [6.45, 7) is 9.07. The van der Waals surface area contributed by atoms with Crippen molar-refractivity contribution >= 4 is 0 Å². The van der Waals surface area contributed by atoms with Gasteiger partial charge < -0.3 is 10.2 Å². The minimum Gasteiger partial charge on any atom is -0.309 e. The molecule has 1 aromatic rings. The number of nitrogens with zero attached hydrogens (tertiary/aromatic N) is 1. The number of hydrogen-bond acceptors (Lipinski definition) is 2. The molecule has 0 radical (unpaired) electrons. The van der Waals surface area contributed by atoms with Crippen LogP contribution in [0.2, 0.25) is 0 Å². The molecule has 0 heterocycles. The van der Waals surface area contributed by atoms with Crippen LogP contribution < -0.4 is 5.32 Å². The second kappa shape index (κ2) is 9.95. The van der Waals surface area contributed by atoms with Gasteiger partial charge in [-0.05, 0) is 45.0 Å². The first-order valence-electron chi connectivity index (χ1n) is 8.23. The predicted molar refractivity (Wildman–Crippen MR) is 89.1 cm³/mol. The minimum atomic E-state index is 0.433. The maximum absolute atomic E-state index is 3.75. The molecule has 114 valence electrons. The lowest BCUT2D eigenvalue weighted by Gasteiger charge is -2.35. The van der Waals surface area contributed by atoms with Crippen molar-refractivity contribution in [3.05, 3.63) is 35.9 Å². The zero-order valence-electron chi connectivity index (χ0n) is 13.7. The van der Waals surface area contributed by atoms with Gasteiger partial charge in [0.25, 0.3) is 0 Å². The molecule has 20 heavy (non-hydrogen) atoms. The highest BCUT2D eigenvalue weighted by atomic mass is 15.2. The molecule has 2 nitrogen and oxygen atoms in total. The molecular formula is C18H32N2. The second-order valence-corrected chi connectivity index (χ2v) is 5.65. The van der Waals surface area contributed by atoms with Crippen LogP contribution in [0, 0.1) is 0 Å². The van der Waals surface area contributed by atoms with Crippen molar-refractivity contribution in [2.24, 2.45) is 0 Å². The summed E-state index contributed by atoms with van der Waals surface area (Å²) in [7, 11) is 2.27. The molecule has 0 bridgehead atoms. The molecule has 0 saturated heterocycles. The van der Waals surface area contributed by atoms with Gasteiger partial charge in [-0.2, -0.15) is 0 Å². The topological polar surface area (TPSA) is 15.3 Å². The van der Waals surface area contributed by atoms with E-state index in [0.717, 1.165) is 6.54 Å². The number of benzene rings is 1. The van der Waals surface area contributed by atoms with Crippen molar-refractivity contribution < 1.29 is 0 Å². The molecular weight excluding hydrogens is 244 g/mol. The first kappa shape index (κ1) is 17.2. The summed E-state index contributed by atoms with van der Waals surface area (Å²) >= 11 is 0. The van der Waals surface area contributed by atoms with Gasteiger partial charge in [0.05, 0.1) is 0 Å². The molecule has 0 aliphatic rings. The van der Waals surface area contributed by atoms with Crippen molar-refractivity contribution in [1.29, 1.82) is 0 Å². The molecule has 1 aromatic carbocycles. The fourth-order valence-electron chi connectivity index (χ4n) is 2.81. The number of nitrogens with one attached hydrogen (secondary N) is 1. The van der Waals surface area contributed by atoms with Crippen molar-refractivity contribution in [3.63, 3.8) is 0 Å². The third kappa shape index (κ3) is 5.26. The molecule has 0 saturated carbocycles. The van der Waals surface area contributed by atoms with Crippen LogP contribution >= 0.6 is 0 Å². The van der Waals surface area contributed by atoms with Crippen LogP contribution in [0.4, 0.5) is 0 Å². The van der Waals surface area contributed by atoms with Crippen molar-refractivity contribution in [2.75, 3.05) is 20.1 Å². The van der Waals surface area contributed by atoms with E-state index in [0.29, 0.717) is 12.1 Å². The van der Waals surface area contributed by atoms with Gasteiger partial charge >= 0.3 is 0 Å². The number of rotatable bonds is 10. The molecule has 2 atom stereocenters. The van der Waals surface area contributed by atoms with Gasteiger partial charge in [0.2, 0.25) is 0 Å². The molecule has 0 spiro atoms. The van der Waals surface area contributed by atoms with Gasteiger partial charge in [-0.25, -0.2) is 0 Å². The lowest BCUT2D eigenvalue weighted by molar-refractivity contribution is 0.184. The predicted octanol–water partition coefficient (Wildman–Crippen LogP) is 4.24. The van der Waals surface area contributed by atoms with E-state index in [1.54, 1.807) is 0 Å². The Balaban J connectivity index is 2.83. The molecule has 1 N–H and O–H groups in total. The summed E-state index contributed by atoms with van der Waals surface area (Å²) in [5.74, 6) is 0. The Morgan fingerprint density at radius 2 is 1.75 bits per heavy atom. The summed E-state index contributed by atoms with van der Waals surface area (Å²) in [4.78, 5) is 2.53. The van der Waals surface area contributed by atoms with Crippen LogP contribution in [0.5, 0.6) is 0 Å². The van der Waals surface area contributed by atoms with Gasteiger partial charge in [-0.1, -0.05) is 57.5 Å². The maximum atomic E-state index is 3.75. The van der Waals surface area contributed by atoms with Gasteiger partial charge in [-0.3, -0.25) is 0 Å². The third-order valence-electron chi connectivity index (χ3n) is 4.01. The summed E-state index contributed by atoms with van der Waals surface area (Å²) in [6, 6.07) is 11.9. The van der Waals surface area contributed by atoms with Gasteiger partial charge in [-0.15, -0.1) is 0 Å². The molecule has 1 rings (SSSR count). The Bertz CT molecular complexity index is 337. The highest BCUT2D eigenvalue weighted by molar-refractivity contribution is 5.20. The van der Waals surface area contributed by atoms with E-state index in [1.165, 1.54) is 37.8 Å². The fourth-order valence-corrected chi connectivity index (χ4v) is 2.81. The molecule has 0 aromatic heterocycles. The van der Waals surface area contributed by atoms with Crippen LogP contribution in [-0.2, 0) is 0 Å². The smallest absolute Gasteiger partial charge is 0.0477 e. The van der Waals surface area contributed by atoms with Crippen molar-refractivity contribution in [1.82, 2.24) is 10.2 Å². The van der Waals surface area contributed by atoms with E-state index in [4.69, 9.17) is 0 Å². The van der Waals surface area contributed by atoms with Crippen LogP contribution in [-0.4, -0.2) is 31.1 Å². The molecule has 2 heteroatoms. The number of hydrogen-bond donors (Lipinski definition) is 1. The average Bonchev–Trinajstić information content (AvgIpc) is 2.50. The lowest BCUT2D eigenvalue weighted by Crippen LogP contribution is -2.43. The standard InChI is InChI=1S/C18H32N2/c1-5-8-15-20(4)17(7-3)18(19-14-6-2)16-12-10-9-11-13-16/h9-13,17-19H,5-8,14-15H2,1-4H3. The third-order valence-corrected chi connectivity index (χ3v) is 4.01. The zero-order valence-corrected chi connectivity index (χ0v) is 13.7. The van der Waals surface area contributed by atoms with E-state index in [2.05, 4.69) is 68.4 Å². The van der Waals surface area contributed by atoms with Gasteiger partial charge in [0, 0.05) is 12.1 Å². The van der Waals surface area contributed by atoms with E-state index in [9.17, 15) is 0 Å². The summed E-state index contributed by atoms with van der Waals surface area (Å²) in [6.07, 6.45) is 4.90. The normalized spacial score (nSPS) is 14.4. The van der Waals surface area contributed by atoms with E-state index < -0.39 is 0 Å². The van der Waals surface area contributed by atoms with E-state index >= 15 is 0 Å². The SMILES string of the molecule is CCCCN(C)C(CC)C(NCCC)c1ccccc1. The number of unbranched alkanes of at least 4 members (excludes halogenated alkanes) is 1. The average molecular weight is 276 g/mol. The first-order valence-corrected chi connectivity index (χ1v) is 8.23. The lowest BCUT2D eigenvalue weighted by atomic mass is 9.95. The van der Waals surface area contributed by atoms with Gasteiger partial charge in [0.15, 0.2) is 0 Å². The van der Waals surface area contributed by atoms with Crippen LogP contribution in [0.25, 0.3) is 0 Å². The molecule has 0 aliphatic heterocycles. The largest absolute Gasteiger partial charge is 0.309 e. The Hall–Kier alpha value is -0.860. The number of likely N-dealkylation sites (N-methyl/N-ethyl adjacent to an activating group) is 1. The van der Waals surface area contributed by atoms with E-state index in [-0.39, 0.29) is 0 Å². The van der Waals surface area contributed by atoms with Gasteiger partial charge in [0.1, 0.15) is 0 Å².